The predicted molar refractivity (Wildman–Crippen MR) is 68.1 cm³/mol. The molecule has 0 spiro atoms. The van der Waals surface area contributed by atoms with Gasteiger partial charge in [-0.05, 0) is 25.1 Å². The third kappa shape index (κ3) is 1.75. The number of rotatable bonds is 1. The fraction of sp³-hybridized carbons (Fsp3) is 0.0769. The second-order valence-electron chi connectivity index (χ2n) is 4.01. The number of benzene rings is 1. The van der Waals surface area contributed by atoms with Gasteiger partial charge in [0.15, 0.2) is 11.6 Å². The molecule has 0 amide bonds. The van der Waals surface area contributed by atoms with Crippen LogP contribution in [0.15, 0.2) is 41.5 Å². The first-order chi connectivity index (χ1) is 8.74. The lowest BCUT2D eigenvalue weighted by molar-refractivity contribution is 1.08. The lowest BCUT2D eigenvalue weighted by Crippen LogP contribution is -2.10. The van der Waals surface area contributed by atoms with Gasteiger partial charge in [0.2, 0.25) is 0 Å². The smallest absolute Gasteiger partial charge is 0.259 e. The van der Waals surface area contributed by atoms with Crippen molar-refractivity contribution in [2.75, 3.05) is 0 Å². The Morgan fingerprint density at radius 1 is 1.17 bits per heavy atom. The van der Waals surface area contributed by atoms with E-state index < -0.39 is 0 Å². The van der Waals surface area contributed by atoms with Crippen molar-refractivity contribution in [2.24, 2.45) is 0 Å². The summed E-state index contributed by atoms with van der Waals surface area (Å²) in [5.41, 5.74) is 1.50. The normalized spacial score (nSPS) is 10.7. The van der Waals surface area contributed by atoms with Gasteiger partial charge in [-0.2, -0.15) is 0 Å². The van der Waals surface area contributed by atoms with Crippen LogP contribution in [0.25, 0.3) is 22.6 Å². The van der Waals surface area contributed by atoms with E-state index >= 15 is 0 Å². The standard InChI is InChI=1S/C13H10N4O/c1-8-3-4-10-9(7-8)13(18)17-12(16-10)11-14-5-2-6-15-11/h2-7H,1H3,(H,16,17,18). The number of aryl methyl sites for hydroxylation is 1. The molecule has 5 heteroatoms. The van der Waals surface area contributed by atoms with Crippen LogP contribution < -0.4 is 5.56 Å². The maximum atomic E-state index is 12.0. The van der Waals surface area contributed by atoms with Crippen LogP contribution >= 0.6 is 0 Å². The monoisotopic (exact) mass is 238 g/mol. The molecule has 0 bridgehead atoms. The van der Waals surface area contributed by atoms with Gasteiger partial charge in [-0.3, -0.25) is 4.79 Å². The number of hydrogen-bond acceptors (Lipinski definition) is 4. The van der Waals surface area contributed by atoms with Crippen LogP contribution in [0.2, 0.25) is 0 Å². The highest BCUT2D eigenvalue weighted by molar-refractivity contribution is 5.79. The van der Waals surface area contributed by atoms with Crippen molar-refractivity contribution in [1.29, 1.82) is 0 Å². The van der Waals surface area contributed by atoms with E-state index in [1.807, 2.05) is 25.1 Å². The van der Waals surface area contributed by atoms with Gasteiger partial charge < -0.3 is 4.98 Å². The Labute approximate surface area is 103 Å². The Balaban J connectivity index is 2.29. The molecule has 3 rings (SSSR count). The maximum absolute atomic E-state index is 12.0. The second kappa shape index (κ2) is 4.03. The Morgan fingerprint density at radius 3 is 2.72 bits per heavy atom. The van der Waals surface area contributed by atoms with Crippen molar-refractivity contribution in [1.82, 2.24) is 19.9 Å². The average Bonchev–Trinajstić information content (AvgIpc) is 2.40. The number of nitrogens with one attached hydrogen (secondary N) is 1. The van der Waals surface area contributed by atoms with Gasteiger partial charge in [-0.25, -0.2) is 15.0 Å². The molecule has 0 aliphatic carbocycles. The molecule has 0 unspecified atom stereocenters. The summed E-state index contributed by atoms with van der Waals surface area (Å²) in [5, 5.41) is 0.578. The number of nitrogens with zero attached hydrogens (tertiary/aromatic N) is 3. The summed E-state index contributed by atoms with van der Waals surface area (Å²) in [6, 6.07) is 7.28. The summed E-state index contributed by atoms with van der Waals surface area (Å²) in [5.74, 6) is 0.800. The van der Waals surface area contributed by atoms with Gasteiger partial charge in [0.25, 0.3) is 5.56 Å². The van der Waals surface area contributed by atoms with Crippen molar-refractivity contribution in [2.45, 2.75) is 6.92 Å². The van der Waals surface area contributed by atoms with Crippen LogP contribution in [-0.4, -0.2) is 19.9 Å². The highest BCUT2D eigenvalue weighted by Crippen LogP contribution is 2.13. The Kier molecular flexibility index (Phi) is 2.37. The highest BCUT2D eigenvalue weighted by atomic mass is 16.1. The summed E-state index contributed by atoms with van der Waals surface area (Å²) in [6.07, 6.45) is 3.23. The van der Waals surface area contributed by atoms with Gasteiger partial charge in [0.1, 0.15) is 0 Å². The van der Waals surface area contributed by atoms with E-state index in [2.05, 4.69) is 19.9 Å². The molecule has 0 saturated carbocycles. The average molecular weight is 238 g/mol. The topological polar surface area (TPSA) is 71.5 Å². The molecule has 0 aliphatic rings. The van der Waals surface area contributed by atoms with Crippen molar-refractivity contribution < 1.29 is 0 Å². The third-order valence-electron chi connectivity index (χ3n) is 2.64. The molecule has 2 heterocycles. The molecule has 18 heavy (non-hydrogen) atoms. The number of aromatic nitrogens is 4. The maximum Gasteiger partial charge on any atom is 0.259 e. The van der Waals surface area contributed by atoms with E-state index in [9.17, 15) is 4.79 Å². The molecule has 0 radical (unpaired) electrons. The van der Waals surface area contributed by atoms with Crippen LogP contribution in [0.3, 0.4) is 0 Å². The molecule has 5 nitrogen and oxygen atoms in total. The van der Waals surface area contributed by atoms with Crippen LogP contribution in [0.4, 0.5) is 0 Å². The van der Waals surface area contributed by atoms with Crippen LogP contribution in [0.5, 0.6) is 0 Å². The SMILES string of the molecule is Cc1ccc2nc(-c3ncccn3)[nH]c(=O)c2c1. The minimum absolute atomic E-state index is 0.175. The molecule has 3 aromatic rings. The summed E-state index contributed by atoms with van der Waals surface area (Å²) in [4.78, 5) is 27.2. The lowest BCUT2D eigenvalue weighted by atomic mass is 10.2. The van der Waals surface area contributed by atoms with Crippen LogP contribution in [0, 0.1) is 6.92 Å². The fourth-order valence-electron chi connectivity index (χ4n) is 1.78. The number of fused-ring (bicyclic) bond motifs is 1. The van der Waals surface area contributed by atoms with E-state index in [0.717, 1.165) is 5.56 Å². The second-order valence-corrected chi connectivity index (χ2v) is 4.01. The van der Waals surface area contributed by atoms with Gasteiger partial charge >= 0.3 is 0 Å². The Morgan fingerprint density at radius 2 is 1.94 bits per heavy atom. The van der Waals surface area contributed by atoms with Crippen LogP contribution in [-0.2, 0) is 0 Å². The Bertz CT molecular complexity index is 765. The summed E-state index contributed by atoms with van der Waals surface area (Å²) in [7, 11) is 0. The first kappa shape index (κ1) is 10.6. The first-order valence-corrected chi connectivity index (χ1v) is 5.52. The minimum Gasteiger partial charge on any atom is -0.303 e. The molecular formula is C13H10N4O. The summed E-state index contributed by atoms with van der Waals surface area (Å²) in [6.45, 7) is 1.94. The van der Waals surface area contributed by atoms with Crippen molar-refractivity contribution >= 4 is 10.9 Å². The minimum atomic E-state index is -0.175. The molecule has 0 aliphatic heterocycles. The fourth-order valence-corrected chi connectivity index (χ4v) is 1.78. The van der Waals surface area contributed by atoms with Crippen LogP contribution in [0.1, 0.15) is 5.56 Å². The molecular weight excluding hydrogens is 228 g/mol. The van der Waals surface area contributed by atoms with Gasteiger partial charge in [0.05, 0.1) is 10.9 Å². The quantitative estimate of drug-likeness (QED) is 0.700. The third-order valence-corrected chi connectivity index (χ3v) is 2.64. The number of H-pyrrole nitrogens is 1. The van der Waals surface area contributed by atoms with Gasteiger partial charge in [-0.1, -0.05) is 11.6 Å². The molecule has 88 valence electrons. The molecule has 0 fully saturated rings. The van der Waals surface area contributed by atoms with Crippen molar-refractivity contribution in [3.8, 4) is 11.6 Å². The van der Waals surface area contributed by atoms with Crippen molar-refractivity contribution in [3.63, 3.8) is 0 Å². The molecule has 2 aromatic heterocycles. The van der Waals surface area contributed by atoms with Gasteiger partial charge in [0, 0.05) is 12.4 Å². The Hall–Kier alpha value is -2.56. The van der Waals surface area contributed by atoms with E-state index in [1.54, 1.807) is 18.5 Å². The summed E-state index contributed by atoms with van der Waals surface area (Å²) >= 11 is 0. The summed E-state index contributed by atoms with van der Waals surface area (Å²) < 4.78 is 0. The zero-order valence-electron chi connectivity index (χ0n) is 9.71. The molecule has 0 atom stereocenters. The first-order valence-electron chi connectivity index (χ1n) is 5.52. The number of hydrogen-bond donors (Lipinski definition) is 1. The van der Waals surface area contributed by atoms with E-state index in [0.29, 0.717) is 22.6 Å². The van der Waals surface area contributed by atoms with E-state index in [-0.39, 0.29) is 5.56 Å². The molecule has 1 aromatic carbocycles. The molecule has 1 N–H and O–H groups in total. The lowest BCUT2D eigenvalue weighted by Gasteiger charge is -2.02. The van der Waals surface area contributed by atoms with Gasteiger partial charge in [-0.15, -0.1) is 0 Å². The van der Waals surface area contributed by atoms with Crippen molar-refractivity contribution in [3.05, 3.63) is 52.6 Å². The predicted octanol–water partition coefficient (Wildman–Crippen LogP) is 1.69. The number of aromatic amines is 1. The molecule has 0 saturated heterocycles. The zero-order valence-corrected chi connectivity index (χ0v) is 9.71. The highest BCUT2D eigenvalue weighted by Gasteiger charge is 2.07. The van der Waals surface area contributed by atoms with E-state index in [4.69, 9.17) is 0 Å². The zero-order chi connectivity index (χ0) is 12.5. The largest absolute Gasteiger partial charge is 0.303 e. The van der Waals surface area contributed by atoms with E-state index in [1.165, 1.54) is 0 Å².